The van der Waals surface area contributed by atoms with Gasteiger partial charge < -0.3 is 15.3 Å². The maximum absolute atomic E-state index is 11.9. The Labute approximate surface area is 116 Å². The Kier molecular flexibility index (Phi) is 3.11. The summed E-state index contributed by atoms with van der Waals surface area (Å²) in [5.41, 5.74) is 0.358. The van der Waals surface area contributed by atoms with E-state index in [9.17, 15) is 14.4 Å². The number of amides is 2. The smallest absolute Gasteiger partial charge is 0.323 e. The molecular formula is C11H11N5O3S. The zero-order valence-electron chi connectivity index (χ0n) is 10.3. The van der Waals surface area contributed by atoms with E-state index in [1.54, 1.807) is 0 Å². The van der Waals surface area contributed by atoms with Crippen LogP contribution in [0.2, 0.25) is 0 Å². The van der Waals surface area contributed by atoms with E-state index in [1.165, 1.54) is 6.20 Å². The number of anilines is 1. The number of carbonyl (C=O) groups is 2. The average Bonchev–Trinajstić information content (AvgIpc) is 2.97. The first kappa shape index (κ1) is 12.6. The van der Waals surface area contributed by atoms with Gasteiger partial charge in [0.2, 0.25) is 0 Å². The molecule has 0 unspecified atom stereocenters. The number of hydrogen-bond acceptors (Lipinski definition) is 5. The van der Waals surface area contributed by atoms with Crippen LogP contribution in [-0.4, -0.2) is 33.3 Å². The maximum Gasteiger partial charge on any atom is 0.323 e. The number of hydrogen-bond donors (Lipinski definition) is 4. The summed E-state index contributed by atoms with van der Waals surface area (Å²) in [7, 11) is 0. The van der Waals surface area contributed by atoms with Crippen molar-refractivity contribution in [1.82, 2.24) is 20.3 Å². The molecule has 2 amide bonds. The van der Waals surface area contributed by atoms with Gasteiger partial charge in [0.05, 0.1) is 5.69 Å². The minimum absolute atomic E-state index is 0.116. The molecule has 104 valence electrons. The number of aryl methyl sites for hydroxylation is 1. The minimum atomic E-state index is -0.479. The number of aromatic amines is 2. The summed E-state index contributed by atoms with van der Waals surface area (Å²) in [4.78, 5) is 44.0. The summed E-state index contributed by atoms with van der Waals surface area (Å²) in [5, 5.41) is 5.68. The molecule has 2 aromatic rings. The predicted octanol–water partition coefficient (Wildman–Crippen LogP) is 0.0878. The van der Waals surface area contributed by atoms with Gasteiger partial charge in [0, 0.05) is 12.7 Å². The Morgan fingerprint density at radius 1 is 1.40 bits per heavy atom. The molecule has 20 heavy (non-hydrogen) atoms. The zero-order chi connectivity index (χ0) is 14.1. The largest absolute Gasteiger partial charge is 0.351 e. The standard InChI is InChI=1S/C11H11N5O3S/c17-8(6-4-13-10(19)14-6)16-11-15-5-2-1-3-12-9(18)7(5)20-11/h4H,1-3H2,(H,12,18)(H2,13,14,19)(H,15,16,17). The van der Waals surface area contributed by atoms with Crippen molar-refractivity contribution < 1.29 is 9.59 Å². The number of rotatable bonds is 2. The van der Waals surface area contributed by atoms with Crippen molar-refractivity contribution >= 4 is 28.3 Å². The number of fused-ring (bicyclic) bond motifs is 1. The van der Waals surface area contributed by atoms with E-state index in [2.05, 4.69) is 25.6 Å². The Balaban J connectivity index is 1.82. The molecule has 3 rings (SSSR count). The van der Waals surface area contributed by atoms with Crippen LogP contribution in [0.15, 0.2) is 11.0 Å². The van der Waals surface area contributed by atoms with Crippen molar-refractivity contribution in [1.29, 1.82) is 0 Å². The van der Waals surface area contributed by atoms with E-state index in [0.717, 1.165) is 17.8 Å². The van der Waals surface area contributed by atoms with Crippen molar-refractivity contribution in [3.8, 4) is 0 Å². The van der Waals surface area contributed by atoms with Crippen molar-refractivity contribution in [3.63, 3.8) is 0 Å². The molecule has 2 aromatic heterocycles. The van der Waals surface area contributed by atoms with Gasteiger partial charge in [-0.15, -0.1) is 0 Å². The van der Waals surface area contributed by atoms with E-state index < -0.39 is 11.6 Å². The van der Waals surface area contributed by atoms with Crippen LogP contribution in [0.1, 0.15) is 32.3 Å². The highest BCUT2D eigenvalue weighted by atomic mass is 32.1. The van der Waals surface area contributed by atoms with Crippen LogP contribution in [0.5, 0.6) is 0 Å². The highest BCUT2D eigenvalue weighted by molar-refractivity contribution is 7.17. The molecule has 4 N–H and O–H groups in total. The topological polar surface area (TPSA) is 120 Å². The van der Waals surface area contributed by atoms with Crippen LogP contribution in [0.25, 0.3) is 0 Å². The highest BCUT2D eigenvalue weighted by Gasteiger charge is 2.21. The fourth-order valence-electron chi connectivity index (χ4n) is 1.91. The lowest BCUT2D eigenvalue weighted by molar-refractivity contribution is 0.0958. The van der Waals surface area contributed by atoms with Crippen molar-refractivity contribution in [2.45, 2.75) is 12.8 Å². The van der Waals surface area contributed by atoms with Gasteiger partial charge >= 0.3 is 5.69 Å². The lowest BCUT2D eigenvalue weighted by atomic mass is 10.2. The van der Waals surface area contributed by atoms with Crippen molar-refractivity contribution in [2.24, 2.45) is 0 Å². The maximum atomic E-state index is 11.9. The molecular weight excluding hydrogens is 282 g/mol. The third kappa shape index (κ3) is 2.35. The second kappa shape index (κ2) is 4.93. The first-order valence-electron chi connectivity index (χ1n) is 6.00. The number of H-pyrrole nitrogens is 2. The SMILES string of the molecule is O=C(Nc1nc2c(s1)C(=O)NCCC2)c1c[nH]c(=O)[nH]1. The van der Waals surface area contributed by atoms with E-state index in [4.69, 9.17) is 0 Å². The van der Waals surface area contributed by atoms with Gasteiger partial charge in [0.25, 0.3) is 11.8 Å². The van der Waals surface area contributed by atoms with Crippen molar-refractivity contribution in [2.75, 3.05) is 11.9 Å². The van der Waals surface area contributed by atoms with Gasteiger partial charge in [0.15, 0.2) is 5.13 Å². The van der Waals surface area contributed by atoms with E-state index in [0.29, 0.717) is 28.7 Å². The van der Waals surface area contributed by atoms with Gasteiger partial charge in [-0.2, -0.15) is 0 Å². The molecule has 9 heteroatoms. The quantitative estimate of drug-likeness (QED) is 0.627. The van der Waals surface area contributed by atoms with Crippen LogP contribution in [0.4, 0.5) is 5.13 Å². The molecule has 0 aliphatic carbocycles. The molecule has 0 bridgehead atoms. The van der Waals surface area contributed by atoms with E-state index >= 15 is 0 Å². The van der Waals surface area contributed by atoms with Gasteiger partial charge in [-0.25, -0.2) is 9.78 Å². The van der Waals surface area contributed by atoms with Gasteiger partial charge in [-0.1, -0.05) is 11.3 Å². The summed E-state index contributed by atoms with van der Waals surface area (Å²) < 4.78 is 0. The molecule has 0 spiro atoms. The van der Waals surface area contributed by atoms with E-state index in [-0.39, 0.29) is 11.6 Å². The molecule has 3 heterocycles. The Bertz CT molecular complexity index is 728. The van der Waals surface area contributed by atoms with E-state index in [1.807, 2.05) is 0 Å². The van der Waals surface area contributed by atoms with Gasteiger partial charge in [-0.3, -0.25) is 14.9 Å². The molecule has 0 fully saturated rings. The summed E-state index contributed by atoms with van der Waals surface area (Å²) in [6.45, 7) is 0.633. The molecule has 0 aromatic carbocycles. The normalized spacial score (nSPS) is 14.3. The number of aromatic nitrogens is 3. The number of nitrogens with one attached hydrogen (secondary N) is 4. The van der Waals surface area contributed by atoms with Crippen LogP contribution >= 0.6 is 11.3 Å². The molecule has 0 saturated heterocycles. The Morgan fingerprint density at radius 2 is 2.25 bits per heavy atom. The van der Waals surface area contributed by atoms with Gasteiger partial charge in [0.1, 0.15) is 10.6 Å². The van der Waals surface area contributed by atoms with Crippen LogP contribution in [0.3, 0.4) is 0 Å². The number of thiazole rings is 1. The van der Waals surface area contributed by atoms with Crippen LogP contribution < -0.4 is 16.3 Å². The lowest BCUT2D eigenvalue weighted by Crippen LogP contribution is -2.21. The third-order valence-electron chi connectivity index (χ3n) is 2.84. The lowest BCUT2D eigenvalue weighted by Gasteiger charge is -1.98. The average molecular weight is 293 g/mol. The zero-order valence-corrected chi connectivity index (χ0v) is 11.1. The second-order valence-electron chi connectivity index (χ2n) is 4.26. The van der Waals surface area contributed by atoms with Crippen molar-refractivity contribution in [3.05, 3.63) is 32.9 Å². The third-order valence-corrected chi connectivity index (χ3v) is 3.85. The van der Waals surface area contributed by atoms with Crippen LogP contribution in [-0.2, 0) is 6.42 Å². The summed E-state index contributed by atoms with van der Waals surface area (Å²) >= 11 is 1.13. The molecule has 8 nitrogen and oxygen atoms in total. The molecule has 0 saturated carbocycles. The molecule has 1 aliphatic rings. The molecule has 0 atom stereocenters. The summed E-state index contributed by atoms with van der Waals surface area (Å²) in [5.74, 6) is -0.641. The molecule has 1 aliphatic heterocycles. The first-order valence-corrected chi connectivity index (χ1v) is 6.82. The Morgan fingerprint density at radius 3 is 3.00 bits per heavy atom. The highest BCUT2D eigenvalue weighted by Crippen LogP contribution is 2.25. The number of carbonyl (C=O) groups excluding carboxylic acids is 2. The second-order valence-corrected chi connectivity index (χ2v) is 5.26. The Hall–Kier alpha value is -2.42. The monoisotopic (exact) mass is 293 g/mol. The minimum Gasteiger partial charge on any atom is -0.351 e. The van der Waals surface area contributed by atoms with Gasteiger partial charge in [-0.05, 0) is 12.8 Å². The molecule has 0 radical (unpaired) electrons. The summed E-state index contributed by atoms with van der Waals surface area (Å²) in [6.07, 6.45) is 2.80. The fourth-order valence-corrected chi connectivity index (χ4v) is 2.83. The summed E-state index contributed by atoms with van der Waals surface area (Å²) in [6, 6.07) is 0. The first-order chi connectivity index (χ1) is 9.63. The fraction of sp³-hybridized carbons (Fsp3) is 0.273. The predicted molar refractivity (Wildman–Crippen MR) is 72.1 cm³/mol. The van der Waals surface area contributed by atoms with Crippen LogP contribution in [0, 0.1) is 0 Å². The number of nitrogens with zero attached hydrogens (tertiary/aromatic N) is 1. The number of imidazole rings is 1.